The SMILES string of the molecule is CN1C(=O)Cc2cnc(N3CCNCC3c3ccncc3)nc21.Cc1ccc(S(=O)(=O)O)cc1. The number of hydrogen-bond donors (Lipinski definition) is 2. The number of amides is 1. The minimum atomic E-state index is -4.02. The van der Waals surface area contributed by atoms with Crippen molar-refractivity contribution in [2.24, 2.45) is 0 Å². The van der Waals surface area contributed by atoms with Gasteiger partial charge in [-0.2, -0.15) is 13.4 Å². The van der Waals surface area contributed by atoms with Gasteiger partial charge in [-0.1, -0.05) is 17.7 Å². The van der Waals surface area contributed by atoms with Crippen LogP contribution in [0.3, 0.4) is 0 Å². The molecule has 2 N–H and O–H groups in total. The van der Waals surface area contributed by atoms with Crippen molar-refractivity contribution < 1.29 is 17.8 Å². The highest BCUT2D eigenvalue weighted by atomic mass is 32.2. The fraction of sp³-hybridized carbons (Fsp3) is 0.304. The van der Waals surface area contributed by atoms with Gasteiger partial charge in [-0.05, 0) is 36.8 Å². The van der Waals surface area contributed by atoms with Crippen molar-refractivity contribution in [2.75, 3.05) is 36.5 Å². The number of aryl methyl sites for hydroxylation is 1. The summed E-state index contributed by atoms with van der Waals surface area (Å²) in [5.74, 6) is 1.47. The number of benzene rings is 1. The molecular formula is C23H26N6O4S. The Hall–Kier alpha value is -3.41. The van der Waals surface area contributed by atoms with Gasteiger partial charge in [0, 0.05) is 50.8 Å². The zero-order chi connectivity index (χ0) is 24.3. The van der Waals surface area contributed by atoms with Gasteiger partial charge in [0.25, 0.3) is 10.1 Å². The topological polar surface area (TPSA) is 129 Å². The first-order valence-electron chi connectivity index (χ1n) is 10.8. The number of carbonyl (C=O) groups excluding carboxylic acids is 1. The van der Waals surface area contributed by atoms with E-state index >= 15 is 0 Å². The third-order valence-electron chi connectivity index (χ3n) is 5.77. The van der Waals surface area contributed by atoms with E-state index in [1.54, 1.807) is 42.7 Å². The number of likely N-dealkylation sites (N-methyl/N-ethyl adjacent to an activating group) is 1. The summed E-state index contributed by atoms with van der Waals surface area (Å²) in [7, 11) is -2.25. The van der Waals surface area contributed by atoms with Gasteiger partial charge in [0.2, 0.25) is 11.9 Å². The van der Waals surface area contributed by atoms with Crippen LogP contribution in [0.25, 0.3) is 0 Å². The molecule has 10 nitrogen and oxygen atoms in total. The van der Waals surface area contributed by atoms with Gasteiger partial charge in [0.05, 0.1) is 17.4 Å². The molecule has 2 aromatic heterocycles. The first-order valence-corrected chi connectivity index (χ1v) is 12.2. The molecule has 0 spiro atoms. The molecule has 0 saturated carbocycles. The summed E-state index contributed by atoms with van der Waals surface area (Å²) < 4.78 is 29.6. The van der Waals surface area contributed by atoms with Crippen LogP contribution in [0.4, 0.5) is 11.8 Å². The molecular weight excluding hydrogens is 456 g/mol. The molecule has 1 fully saturated rings. The van der Waals surface area contributed by atoms with Gasteiger partial charge in [-0.3, -0.25) is 19.2 Å². The van der Waals surface area contributed by atoms with E-state index in [1.165, 1.54) is 17.7 Å². The fourth-order valence-electron chi connectivity index (χ4n) is 3.88. The summed E-state index contributed by atoms with van der Waals surface area (Å²) in [6.07, 6.45) is 5.78. The zero-order valence-corrected chi connectivity index (χ0v) is 19.7. The zero-order valence-electron chi connectivity index (χ0n) is 18.9. The van der Waals surface area contributed by atoms with Crippen molar-refractivity contribution in [2.45, 2.75) is 24.3 Å². The molecule has 1 amide bonds. The van der Waals surface area contributed by atoms with E-state index in [2.05, 4.69) is 25.2 Å². The van der Waals surface area contributed by atoms with E-state index in [0.717, 1.165) is 36.6 Å². The summed E-state index contributed by atoms with van der Waals surface area (Å²) in [6, 6.07) is 10.2. The first-order chi connectivity index (χ1) is 16.2. The van der Waals surface area contributed by atoms with E-state index < -0.39 is 10.1 Å². The summed E-state index contributed by atoms with van der Waals surface area (Å²) in [4.78, 5) is 28.8. The molecule has 178 valence electrons. The second kappa shape index (κ2) is 9.84. The van der Waals surface area contributed by atoms with Gasteiger partial charge in [-0.15, -0.1) is 0 Å². The van der Waals surface area contributed by atoms with E-state index in [4.69, 9.17) is 4.55 Å². The molecule has 0 aliphatic carbocycles. The monoisotopic (exact) mass is 482 g/mol. The first kappa shape index (κ1) is 23.7. The Morgan fingerprint density at radius 3 is 2.50 bits per heavy atom. The van der Waals surface area contributed by atoms with Gasteiger partial charge >= 0.3 is 0 Å². The molecule has 0 bridgehead atoms. The molecule has 1 atom stereocenters. The molecule has 1 aromatic carbocycles. The minimum Gasteiger partial charge on any atom is -0.331 e. The molecule has 5 rings (SSSR count). The number of hydrogen-bond acceptors (Lipinski definition) is 8. The van der Waals surface area contributed by atoms with Crippen LogP contribution in [0.5, 0.6) is 0 Å². The maximum absolute atomic E-state index is 11.8. The van der Waals surface area contributed by atoms with Crippen molar-refractivity contribution in [1.82, 2.24) is 20.3 Å². The standard InChI is InChI=1S/C16H18N6O.C7H8O3S/c1-21-14(23)8-12-9-19-16(20-15(12)21)22-7-6-18-10-13(22)11-2-4-17-5-3-11;1-6-2-4-7(5-3-6)11(8,9)10/h2-5,9,13,18H,6-8,10H2,1H3;2-5H,1H3,(H,8,9,10). The van der Waals surface area contributed by atoms with E-state index in [0.29, 0.717) is 12.4 Å². The number of anilines is 2. The van der Waals surface area contributed by atoms with Crippen LogP contribution in [-0.4, -0.2) is 60.5 Å². The average Bonchev–Trinajstić information content (AvgIpc) is 3.12. The Morgan fingerprint density at radius 2 is 1.82 bits per heavy atom. The third kappa shape index (κ3) is 5.22. The normalized spacial score (nSPS) is 17.7. The molecule has 11 heteroatoms. The molecule has 2 aliphatic heterocycles. The Labute approximate surface area is 198 Å². The highest BCUT2D eigenvalue weighted by Crippen LogP contribution is 2.30. The van der Waals surface area contributed by atoms with Crippen LogP contribution in [-0.2, 0) is 21.3 Å². The Bertz CT molecular complexity index is 1270. The van der Waals surface area contributed by atoms with E-state index in [9.17, 15) is 13.2 Å². The van der Waals surface area contributed by atoms with Crippen molar-refractivity contribution in [1.29, 1.82) is 0 Å². The second-order valence-electron chi connectivity index (χ2n) is 8.13. The van der Waals surface area contributed by atoms with Crippen LogP contribution in [0.1, 0.15) is 22.7 Å². The number of piperazine rings is 1. The number of nitrogens with zero attached hydrogens (tertiary/aromatic N) is 5. The molecule has 4 heterocycles. The quantitative estimate of drug-likeness (QED) is 0.537. The largest absolute Gasteiger partial charge is 0.331 e. The second-order valence-corrected chi connectivity index (χ2v) is 9.55. The van der Waals surface area contributed by atoms with E-state index in [1.807, 2.05) is 19.1 Å². The minimum absolute atomic E-state index is 0.0666. The lowest BCUT2D eigenvalue weighted by Crippen LogP contribution is -2.46. The van der Waals surface area contributed by atoms with Crippen LogP contribution >= 0.6 is 0 Å². The lowest BCUT2D eigenvalue weighted by molar-refractivity contribution is -0.117. The summed E-state index contributed by atoms with van der Waals surface area (Å²) >= 11 is 0. The summed E-state index contributed by atoms with van der Waals surface area (Å²) in [5.41, 5.74) is 3.04. The lowest BCUT2D eigenvalue weighted by Gasteiger charge is -2.36. The van der Waals surface area contributed by atoms with Crippen molar-refractivity contribution in [3.05, 3.63) is 71.7 Å². The third-order valence-corrected chi connectivity index (χ3v) is 6.64. The Kier molecular flexibility index (Phi) is 6.87. The summed E-state index contributed by atoms with van der Waals surface area (Å²) in [5, 5.41) is 3.42. The van der Waals surface area contributed by atoms with Gasteiger partial charge < -0.3 is 10.2 Å². The van der Waals surface area contributed by atoms with Crippen molar-refractivity contribution >= 4 is 27.8 Å². The highest BCUT2D eigenvalue weighted by Gasteiger charge is 2.30. The summed E-state index contributed by atoms with van der Waals surface area (Å²) in [6.45, 7) is 4.38. The number of pyridine rings is 1. The number of carbonyl (C=O) groups is 1. The molecule has 34 heavy (non-hydrogen) atoms. The van der Waals surface area contributed by atoms with Crippen molar-refractivity contribution in [3.8, 4) is 0 Å². The molecule has 3 aromatic rings. The molecule has 2 aliphatic rings. The molecule has 0 radical (unpaired) electrons. The number of fused-ring (bicyclic) bond motifs is 1. The van der Waals surface area contributed by atoms with E-state index in [-0.39, 0.29) is 16.8 Å². The number of nitrogens with one attached hydrogen (secondary N) is 1. The number of aromatic nitrogens is 3. The van der Waals surface area contributed by atoms with Gasteiger partial charge in [0.15, 0.2) is 0 Å². The predicted molar refractivity (Wildman–Crippen MR) is 127 cm³/mol. The van der Waals surface area contributed by atoms with Crippen molar-refractivity contribution in [3.63, 3.8) is 0 Å². The van der Waals surface area contributed by atoms with Gasteiger partial charge in [-0.25, -0.2) is 4.98 Å². The highest BCUT2D eigenvalue weighted by molar-refractivity contribution is 7.85. The number of rotatable bonds is 3. The molecule has 1 saturated heterocycles. The van der Waals surface area contributed by atoms with Crippen LogP contribution in [0, 0.1) is 6.92 Å². The Morgan fingerprint density at radius 1 is 1.12 bits per heavy atom. The predicted octanol–water partition coefficient (Wildman–Crippen LogP) is 1.78. The maximum atomic E-state index is 11.8. The lowest BCUT2D eigenvalue weighted by atomic mass is 10.1. The fourth-order valence-corrected chi connectivity index (χ4v) is 4.36. The van der Waals surface area contributed by atoms with Crippen LogP contribution in [0.15, 0.2) is 59.9 Å². The average molecular weight is 483 g/mol. The Balaban J connectivity index is 0.000000210. The smallest absolute Gasteiger partial charge is 0.294 e. The molecule has 1 unspecified atom stereocenters. The van der Waals surface area contributed by atoms with Gasteiger partial charge in [0.1, 0.15) is 5.82 Å². The maximum Gasteiger partial charge on any atom is 0.294 e. The van der Waals surface area contributed by atoms with Crippen LogP contribution < -0.4 is 15.1 Å². The van der Waals surface area contributed by atoms with Crippen LogP contribution in [0.2, 0.25) is 0 Å².